The minimum Gasteiger partial charge on any atom is -0.351 e. The number of aryl methyl sites for hydroxylation is 2. The van der Waals surface area contributed by atoms with Gasteiger partial charge in [0.2, 0.25) is 15.9 Å². The number of hydrogen-bond acceptors (Lipinski definition) is 4. The maximum atomic E-state index is 13.2. The minimum atomic E-state index is -3.88. The van der Waals surface area contributed by atoms with Crippen molar-refractivity contribution in [3.8, 4) is 0 Å². The zero-order valence-corrected chi connectivity index (χ0v) is 20.7. The van der Waals surface area contributed by atoms with E-state index < -0.39 is 21.9 Å². The Balaban J connectivity index is 1.33. The van der Waals surface area contributed by atoms with Gasteiger partial charge in [-0.2, -0.15) is 4.31 Å². The highest BCUT2D eigenvalue weighted by Crippen LogP contribution is 2.26. The van der Waals surface area contributed by atoms with Crippen LogP contribution in [0.15, 0.2) is 71.9 Å². The average molecular weight is 516 g/mol. The molecule has 1 amide bonds. The van der Waals surface area contributed by atoms with E-state index in [2.05, 4.69) is 22.4 Å². The number of benzene rings is 2. The highest BCUT2D eigenvalue weighted by Gasteiger charge is 2.39. The summed E-state index contributed by atoms with van der Waals surface area (Å²) >= 11 is 5.99. The van der Waals surface area contributed by atoms with E-state index in [1.165, 1.54) is 16.4 Å². The predicted octanol–water partition coefficient (Wildman–Crippen LogP) is 4.52. The lowest BCUT2D eigenvalue weighted by Crippen LogP contribution is -2.45. The number of aromatic nitrogens is 1. The van der Waals surface area contributed by atoms with E-state index in [1.54, 1.807) is 6.20 Å². The van der Waals surface area contributed by atoms with Crippen LogP contribution in [0, 0.1) is 5.82 Å². The predicted molar refractivity (Wildman–Crippen MR) is 133 cm³/mol. The fraction of sp³-hybridized carbons (Fsp3) is 0.308. The summed E-state index contributed by atoms with van der Waals surface area (Å²) in [5.41, 5.74) is 3.21. The highest BCUT2D eigenvalue weighted by atomic mass is 35.5. The summed E-state index contributed by atoms with van der Waals surface area (Å²) in [6.45, 7) is 0.571. The molecule has 0 radical (unpaired) electrons. The van der Waals surface area contributed by atoms with Crippen LogP contribution in [0.5, 0.6) is 0 Å². The number of hydrogen-bond donors (Lipinski definition) is 1. The van der Waals surface area contributed by atoms with Crippen LogP contribution < -0.4 is 5.32 Å². The first-order valence-corrected chi connectivity index (χ1v) is 13.4. The Morgan fingerprint density at radius 2 is 1.80 bits per heavy atom. The Morgan fingerprint density at radius 3 is 2.57 bits per heavy atom. The number of rotatable bonds is 9. The highest BCUT2D eigenvalue weighted by molar-refractivity contribution is 7.89. The third kappa shape index (κ3) is 6.45. The number of sulfonamides is 1. The Kier molecular flexibility index (Phi) is 8.15. The Labute approximate surface area is 210 Å². The first kappa shape index (κ1) is 25.3. The van der Waals surface area contributed by atoms with E-state index >= 15 is 0 Å². The van der Waals surface area contributed by atoms with Gasteiger partial charge >= 0.3 is 0 Å². The molecule has 2 aromatic carbocycles. The number of amides is 1. The van der Waals surface area contributed by atoms with Crippen molar-refractivity contribution < 1.29 is 17.6 Å². The molecule has 35 heavy (non-hydrogen) atoms. The van der Waals surface area contributed by atoms with E-state index in [4.69, 9.17) is 11.6 Å². The monoisotopic (exact) mass is 515 g/mol. The van der Waals surface area contributed by atoms with E-state index in [0.717, 1.165) is 48.1 Å². The number of pyridine rings is 1. The molecule has 1 saturated heterocycles. The zero-order chi connectivity index (χ0) is 24.8. The van der Waals surface area contributed by atoms with Crippen molar-refractivity contribution in [3.63, 3.8) is 0 Å². The molecule has 184 valence electrons. The van der Waals surface area contributed by atoms with Crippen molar-refractivity contribution in [2.45, 2.75) is 49.6 Å². The van der Waals surface area contributed by atoms with Gasteiger partial charge in [-0.05, 0) is 79.1 Å². The molecule has 6 nitrogen and oxygen atoms in total. The van der Waals surface area contributed by atoms with Crippen molar-refractivity contribution in [1.82, 2.24) is 14.6 Å². The molecule has 1 N–H and O–H groups in total. The summed E-state index contributed by atoms with van der Waals surface area (Å²) in [6, 6.07) is 13.8. The fourth-order valence-electron chi connectivity index (χ4n) is 4.32. The Morgan fingerprint density at radius 1 is 1.06 bits per heavy atom. The maximum Gasteiger partial charge on any atom is 0.243 e. The summed E-state index contributed by atoms with van der Waals surface area (Å²) in [6.07, 6.45) is 7.17. The van der Waals surface area contributed by atoms with E-state index in [0.29, 0.717) is 24.4 Å². The molecule has 0 bridgehead atoms. The molecule has 0 spiro atoms. The zero-order valence-electron chi connectivity index (χ0n) is 19.2. The second-order valence-corrected chi connectivity index (χ2v) is 11.0. The first-order valence-electron chi connectivity index (χ1n) is 11.6. The van der Waals surface area contributed by atoms with Gasteiger partial charge in [0.05, 0.1) is 9.92 Å². The standard InChI is InChI=1S/C26H27ClFN3O3S/c27-22-15-21(16-29-18-22)7-2-5-19-4-1-6-20(14-19)17-30-26(32)25-8-3-13-31(25)35(33,34)24-11-9-23(28)10-12-24/h1,4,6,9-12,14-16,18,25H,2-3,5,7-8,13,17H2,(H,30,32)/t25-/m0/s1. The molecule has 0 saturated carbocycles. The van der Waals surface area contributed by atoms with Crippen molar-refractivity contribution in [2.75, 3.05) is 6.54 Å². The van der Waals surface area contributed by atoms with Crippen molar-refractivity contribution in [3.05, 3.63) is 94.5 Å². The molecule has 1 fully saturated rings. The second-order valence-electron chi connectivity index (χ2n) is 8.63. The summed E-state index contributed by atoms with van der Waals surface area (Å²) < 4.78 is 40.5. The third-order valence-electron chi connectivity index (χ3n) is 6.08. The smallest absolute Gasteiger partial charge is 0.243 e. The van der Waals surface area contributed by atoms with Crippen LogP contribution in [0.4, 0.5) is 4.39 Å². The van der Waals surface area contributed by atoms with Gasteiger partial charge in [-0.3, -0.25) is 9.78 Å². The van der Waals surface area contributed by atoms with Gasteiger partial charge in [0, 0.05) is 25.5 Å². The molecule has 9 heteroatoms. The summed E-state index contributed by atoms with van der Waals surface area (Å²) in [5.74, 6) is -0.838. The number of halogens is 2. The van der Waals surface area contributed by atoms with Crippen molar-refractivity contribution in [2.24, 2.45) is 0 Å². The van der Waals surface area contributed by atoms with Crippen LogP contribution in [0.3, 0.4) is 0 Å². The molecular formula is C26H27ClFN3O3S. The normalized spacial score (nSPS) is 16.3. The van der Waals surface area contributed by atoms with Crippen molar-refractivity contribution >= 4 is 27.5 Å². The molecule has 1 atom stereocenters. The molecule has 2 heterocycles. The largest absolute Gasteiger partial charge is 0.351 e. The lowest BCUT2D eigenvalue weighted by atomic mass is 10.0. The second kappa shape index (κ2) is 11.3. The molecule has 1 aliphatic rings. The quantitative estimate of drug-likeness (QED) is 0.454. The van der Waals surface area contributed by atoms with Gasteiger partial charge in [-0.15, -0.1) is 0 Å². The van der Waals surface area contributed by atoms with Crippen LogP contribution in [0.1, 0.15) is 36.0 Å². The molecular weight excluding hydrogens is 489 g/mol. The SMILES string of the molecule is O=C(NCc1cccc(CCCc2cncc(Cl)c2)c1)[C@@H]1CCCN1S(=O)(=O)c1ccc(F)cc1. The number of carbonyl (C=O) groups is 1. The molecule has 1 aromatic heterocycles. The fourth-order valence-corrected chi connectivity index (χ4v) is 6.18. The molecule has 0 aliphatic carbocycles. The topological polar surface area (TPSA) is 79.4 Å². The molecule has 4 rings (SSSR count). The Hall–Kier alpha value is -2.81. The summed E-state index contributed by atoms with van der Waals surface area (Å²) in [5, 5.41) is 3.52. The molecule has 0 unspecified atom stereocenters. The number of nitrogens with one attached hydrogen (secondary N) is 1. The summed E-state index contributed by atoms with van der Waals surface area (Å²) in [7, 11) is -3.88. The van der Waals surface area contributed by atoms with Crippen molar-refractivity contribution in [1.29, 1.82) is 0 Å². The molecule has 3 aromatic rings. The van der Waals surface area contributed by atoms with Crippen LogP contribution in [0.25, 0.3) is 0 Å². The third-order valence-corrected chi connectivity index (χ3v) is 8.21. The molecule has 1 aliphatic heterocycles. The van der Waals surface area contributed by atoms with Crippen LogP contribution in [0.2, 0.25) is 5.02 Å². The Bertz CT molecular complexity index is 1290. The van der Waals surface area contributed by atoms with E-state index in [-0.39, 0.29) is 17.3 Å². The van der Waals surface area contributed by atoms with E-state index in [1.807, 2.05) is 24.4 Å². The lowest BCUT2D eigenvalue weighted by Gasteiger charge is -2.23. The summed E-state index contributed by atoms with van der Waals surface area (Å²) in [4.78, 5) is 17.0. The number of nitrogens with zero attached hydrogens (tertiary/aromatic N) is 2. The number of carbonyl (C=O) groups excluding carboxylic acids is 1. The minimum absolute atomic E-state index is 0.0140. The van der Waals surface area contributed by atoms with E-state index in [9.17, 15) is 17.6 Å². The average Bonchev–Trinajstić information content (AvgIpc) is 3.34. The van der Waals surface area contributed by atoms with Crippen LogP contribution in [-0.4, -0.2) is 36.2 Å². The van der Waals surface area contributed by atoms with Crippen LogP contribution >= 0.6 is 11.6 Å². The van der Waals surface area contributed by atoms with Gasteiger partial charge in [0.1, 0.15) is 11.9 Å². The van der Waals surface area contributed by atoms with Gasteiger partial charge in [0.15, 0.2) is 0 Å². The van der Waals surface area contributed by atoms with Gasteiger partial charge < -0.3 is 5.32 Å². The van der Waals surface area contributed by atoms with Gasteiger partial charge in [-0.25, -0.2) is 12.8 Å². The van der Waals surface area contributed by atoms with Gasteiger partial charge in [-0.1, -0.05) is 35.9 Å². The lowest BCUT2D eigenvalue weighted by molar-refractivity contribution is -0.124. The van der Waals surface area contributed by atoms with Crippen LogP contribution in [-0.2, 0) is 34.2 Å². The maximum absolute atomic E-state index is 13.2. The first-order chi connectivity index (χ1) is 16.8. The van der Waals surface area contributed by atoms with Gasteiger partial charge in [0.25, 0.3) is 0 Å².